The fraction of sp³-hybridized carbons (Fsp3) is 0.524. The molecule has 0 amide bonds. The Balaban J connectivity index is 1.66. The van der Waals surface area contributed by atoms with E-state index in [2.05, 4.69) is 6.92 Å². The van der Waals surface area contributed by atoms with Crippen LogP contribution < -0.4 is 0 Å². The van der Waals surface area contributed by atoms with Gasteiger partial charge in [0.25, 0.3) is 0 Å². The number of ether oxygens (including phenoxy) is 2. The smallest absolute Gasteiger partial charge is 0.339 e. The van der Waals surface area contributed by atoms with Gasteiger partial charge in [0.1, 0.15) is 6.61 Å². The third kappa shape index (κ3) is 3.40. The summed E-state index contributed by atoms with van der Waals surface area (Å²) in [6, 6.07) is 7.89. The second-order valence-electron chi connectivity index (χ2n) is 7.36. The molecule has 4 nitrogen and oxygen atoms in total. The summed E-state index contributed by atoms with van der Waals surface area (Å²) in [5, 5.41) is 0.907. The van der Waals surface area contributed by atoms with Gasteiger partial charge in [-0.25, -0.2) is 4.79 Å². The third-order valence-electron chi connectivity index (χ3n) is 5.38. The lowest BCUT2D eigenvalue weighted by molar-refractivity contribution is -0.0300. The number of para-hydroxylation sites is 1. The molecule has 4 rings (SSSR count). The number of benzene rings is 1. The van der Waals surface area contributed by atoms with Crippen LogP contribution in [0.3, 0.4) is 0 Å². The van der Waals surface area contributed by atoms with Crippen molar-refractivity contribution in [1.29, 1.82) is 0 Å². The fourth-order valence-electron chi connectivity index (χ4n) is 3.98. The number of rotatable bonds is 3. The van der Waals surface area contributed by atoms with Crippen molar-refractivity contribution < 1.29 is 14.3 Å². The van der Waals surface area contributed by atoms with Crippen LogP contribution in [0, 0.1) is 5.92 Å². The minimum absolute atomic E-state index is 0.0422. The zero-order valence-electron chi connectivity index (χ0n) is 14.8. The van der Waals surface area contributed by atoms with E-state index < -0.39 is 0 Å². The highest BCUT2D eigenvalue weighted by Crippen LogP contribution is 2.32. The number of esters is 1. The molecule has 0 saturated carbocycles. The Hall–Kier alpha value is -1.94. The van der Waals surface area contributed by atoms with Crippen LogP contribution in [0.2, 0.25) is 0 Å². The van der Waals surface area contributed by atoms with Gasteiger partial charge >= 0.3 is 5.97 Å². The number of aromatic nitrogens is 1. The lowest BCUT2D eigenvalue weighted by atomic mass is 9.84. The Morgan fingerprint density at radius 2 is 2.16 bits per heavy atom. The van der Waals surface area contributed by atoms with Crippen molar-refractivity contribution in [3.63, 3.8) is 0 Å². The molecule has 1 aliphatic heterocycles. The largest absolute Gasteiger partial charge is 0.459 e. The molecule has 1 saturated heterocycles. The molecule has 1 aliphatic carbocycles. The molecule has 132 valence electrons. The lowest BCUT2D eigenvalue weighted by Crippen LogP contribution is -2.27. The Morgan fingerprint density at radius 1 is 1.28 bits per heavy atom. The Kier molecular flexibility index (Phi) is 4.71. The van der Waals surface area contributed by atoms with Gasteiger partial charge in [0.05, 0.1) is 17.2 Å². The monoisotopic (exact) mass is 339 g/mol. The summed E-state index contributed by atoms with van der Waals surface area (Å²) in [6.07, 6.45) is 6.23. The predicted molar refractivity (Wildman–Crippen MR) is 96.8 cm³/mol. The average molecular weight is 339 g/mol. The normalized spacial score (nSPS) is 23.2. The average Bonchev–Trinajstić information content (AvgIpc) is 2.65. The molecular weight excluding hydrogens is 314 g/mol. The van der Waals surface area contributed by atoms with E-state index in [0.29, 0.717) is 12.5 Å². The number of hydrogen-bond donors (Lipinski definition) is 0. The molecule has 1 aromatic carbocycles. The molecule has 4 heteroatoms. The maximum Gasteiger partial charge on any atom is 0.339 e. The summed E-state index contributed by atoms with van der Waals surface area (Å²) < 4.78 is 11.4. The van der Waals surface area contributed by atoms with Crippen molar-refractivity contribution in [1.82, 2.24) is 4.98 Å². The van der Waals surface area contributed by atoms with E-state index in [4.69, 9.17) is 14.5 Å². The number of nitrogens with zero attached hydrogens (tertiary/aromatic N) is 1. The van der Waals surface area contributed by atoms with E-state index in [1.54, 1.807) is 0 Å². The second-order valence-corrected chi connectivity index (χ2v) is 7.36. The first-order chi connectivity index (χ1) is 12.2. The van der Waals surface area contributed by atoms with Crippen molar-refractivity contribution >= 4 is 16.9 Å². The highest BCUT2D eigenvalue weighted by atomic mass is 16.6. The number of fused-ring (bicyclic) bond motifs is 2. The van der Waals surface area contributed by atoms with Gasteiger partial charge in [0, 0.05) is 17.7 Å². The number of aryl methyl sites for hydroxylation is 1. The second kappa shape index (κ2) is 7.12. The molecule has 2 unspecified atom stereocenters. The number of carbonyl (C=O) groups excluding carboxylic acids is 1. The van der Waals surface area contributed by atoms with Crippen molar-refractivity contribution in [2.24, 2.45) is 5.92 Å². The van der Waals surface area contributed by atoms with Gasteiger partial charge in [-0.1, -0.05) is 25.1 Å². The maximum absolute atomic E-state index is 13.0. The van der Waals surface area contributed by atoms with Crippen molar-refractivity contribution in [2.45, 2.75) is 51.6 Å². The first-order valence-electron chi connectivity index (χ1n) is 9.41. The van der Waals surface area contributed by atoms with Gasteiger partial charge < -0.3 is 9.47 Å². The number of hydrogen-bond acceptors (Lipinski definition) is 4. The Labute approximate surface area is 148 Å². The van der Waals surface area contributed by atoms with Crippen LogP contribution in [0.15, 0.2) is 24.3 Å². The molecule has 2 aliphatic rings. The Morgan fingerprint density at radius 3 is 3.00 bits per heavy atom. The van der Waals surface area contributed by atoms with Crippen LogP contribution in [0.5, 0.6) is 0 Å². The highest BCUT2D eigenvalue weighted by Gasteiger charge is 2.27. The molecule has 0 spiro atoms. The molecule has 1 aromatic heterocycles. The summed E-state index contributed by atoms with van der Waals surface area (Å²) >= 11 is 0. The molecular formula is C21H25NO3. The van der Waals surface area contributed by atoms with Gasteiger partial charge in [0.2, 0.25) is 0 Å². The van der Waals surface area contributed by atoms with E-state index >= 15 is 0 Å². The van der Waals surface area contributed by atoms with Crippen molar-refractivity contribution in [2.75, 3.05) is 13.2 Å². The number of carbonyl (C=O) groups is 1. The lowest BCUT2D eigenvalue weighted by Gasteiger charge is -2.25. The van der Waals surface area contributed by atoms with Gasteiger partial charge in [0.15, 0.2) is 0 Å². The molecule has 0 radical (unpaired) electrons. The molecule has 1 fully saturated rings. The van der Waals surface area contributed by atoms with Gasteiger partial charge in [-0.2, -0.15) is 0 Å². The van der Waals surface area contributed by atoms with Crippen molar-refractivity contribution in [3.8, 4) is 0 Å². The maximum atomic E-state index is 13.0. The van der Waals surface area contributed by atoms with Crippen LogP contribution in [-0.2, 0) is 22.3 Å². The first kappa shape index (κ1) is 16.5. The standard InChI is InChI=1S/C21H25NO3/c1-14-9-10-19-17(12-14)20(16-7-2-3-8-18(16)22-19)21(23)25-13-15-6-4-5-11-24-15/h2-3,7-8,14-15H,4-6,9-13H2,1H3. The first-order valence-corrected chi connectivity index (χ1v) is 9.41. The van der Waals surface area contributed by atoms with E-state index in [-0.39, 0.29) is 12.1 Å². The van der Waals surface area contributed by atoms with Crippen LogP contribution in [0.1, 0.15) is 54.2 Å². The van der Waals surface area contributed by atoms with Crippen LogP contribution in [0.25, 0.3) is 10.9 Å². The van der Waals surface area contributed by atoms with Gasteiger partial charge in [-0.05, 0) is 56.1 Å². The molecule has 2 heterocycles. The summed E-state index contributed by atoms with van der Waals surface area (Å²) in [5.74, 6) is 0.349. The van der Waals surface area contributed by atoms with E-state index in [0.717, 1.165) is 72.9 Å². The highest BCUT2D eigenvalue weighted by molar-refractivity contribution is 6.05. The predicted octanol–water partition coefficient (Wildman–Crippen LogP) is 4.09. The van der Waals surface area contributed by atoms with Crippen LogP contribution >= 0.6 is 0 Å². The topological polar surface area (TPSA) is 48.4 Å². The molecule has 0 bridgehead atoms. The SMILES string of the molecule is CC1CCc2nc3ccccc3c(C(=O)OCC3CCCCO3)c2C1. The number of pyridine rings is 1. The zero-order chi connectivity index (χ0) is 17.2. The van der Waals surface area contributed by atoms with Crippen LogP contribution in [0.4, 0.5) is 0 Å². The molecule has 2 atom stereocenters. The van der Waals surface area contributed by atoms with Gasteiger partial charge in [-0.3, -0.25) is 4.98 Å². The summed E-state index contributed by atoms with van der Waals surface area (Å²) in [4.78, 5) is 17.8. The fourth-order valence-corrected chi connectivity index (χ4v) is 3.98. The third-order valence-corrected chi connectivity index (χ3v) is 5.38. The minimum atomic E-state index is -0.224. The molecule has 0 N–H and O–H groups in total. The summed E-state index contributed by atoms with van der Waals surface area (Å²) in [5.41, 5.74) is 3.77. The summed E-state index contributed by atoms with van der Waals surface area (Å²) in [6.45, 7) is 3.36. The van der Waals surface area contributed by atoms with E-state index in [1.165, 1.54) is 0 Å². The quantitative estimate of drug-likeness (QED) is 0.791. The molecule has 25 heavy (non-hydrogen) atoms. The Bertz CT molecular complexity index is 780. The van der Waals surface area contributed by atoms with Gasteiger partial charge in [-0.15, -0.1) is 0 Å². The van der Waals surface area contributed by atoms with E-state index in [9.17, 15) is 4.79 Å². The minimum Gasteiger partial charge on any atom is -0.459 e. The van der Waals surface area contributed by atoms with Crippen molar-refractivity contribution in [3.05, 3.63) is 41.1 Å². The van der Waals surface area contributed by atoms with E-state index in [1.807, 2.05) is 24.3 Å². The van der Waals surface area contributed by atoms with Crippen LogP contribution in [-0.4, -0.2) is 30.3 Å². The molecule has 2 aromatic rings. The summed E-state index contributed by atoms with van der Waals surface area (Å²) in [7, 11) is 0. The zero-order valence-corrected chi connectivity index (χ0v) is 14.8.